The van der Waals surface area contributed by atoms with E-state index in [1.54, 1.807) is 0 Å². The molecule has 76 valence electrons. The molecule has 0 spiro atoms. The molecule has 6 heteroatoms. The molecule has 1 rings (SSSR count). The van der Waals surface area contributed by atoms with Crippen molar-refractivity contribution in [2.75, 3.05) is 5.73 Å². The number of carboxylic acid groups (broad SMARTS) is 1. The van der Waals surface area contributed by atoms with Gasteiger partial charge in [0.15, 0.2) is 5.69 Å². The van der Waals surface area contributed by atoms with Crippen LogP contribution in [0, 0.1) is 6.92 Å². The maximum absolute atomic E-state index is 12.3. The Labute approximate surface area is 78.4 Å². The number of halogens is 2. The van der Waals surface area contributed by atoms with Gasteiger partial charge in [-0.25, -0.2) is 18.6 Å². The molecule has 0 amide bonds. The Morgan fingerprint density at radius 2 is 2.21 bits per heavy atom. The Morgan fingerprint density at radius 3 is 2.64 bits per heavy atom. The Bertz CT molecular complexity index is 380. The van der Waals surface area contributed by atoms with Crippen molar-refractivity contribution in [3.05, 3.63) is 23.0 Å². The zero-order valence-corrected chi connectivity index (χ0v) is 7.29. The summed E-state index contributed by atoms with van der Waals surface area (Å²) in [5.74, 6) is -1.33. The predicted octanol–water partition coefficient (Wildman–Crippen LogP) is 1.61. The highest BCUT2D eigenvalue weighted by atomic mass is 19.3. The minimum atomic E-state index is -2.70. The molecule has 0 saturated heterocycles. The molecule has 0 saturated carbocycles. The zero-order valence-electron chi connectivity index (χ0n) is 7.29. The summed E-state index contributed by atoms with van der Waals surface area (Å²) in [5.41, 5.74) is 4.46. The number of carboxylic acids is 1. The zero-order chi connectivity index (χ0) is 10.9. The van der Waals surface area contributed by atoms with Crippen molar-refractivity contribution >= 4 is 11.7 Å². The second-order valence-corrected chi connectivity index (χ2v) is 2.71. The molecule has 0 bridgehead atoms. The van der Waals surface area contributed by atoms with E-state index in [-0.39, 0.29) is 16.8 Å². The summed E-state index contributed by atoms with van der Waals surface area (Å²) in [6.07, 6.45) is -1.87. The minimum Gasteiger partial charge on any atom is -0.476 e. The van der Waals surface area contributed by atoms with Crippen LogP contribution in [0.25, 0.3) is 0 Å². The third-order valence-corrected chi connectivity index (χ3v) is 1.86. The predicted molar refractivity (Wildman–Crippen MR) is 45.3 cm³/mol. The molecule has 4 nitrogen and oxygen atoms in total. The molecule has 14 heavy (non-hydrogen) atoms. The number of anilines is 1. The first kappa shape index (κ1) is 10.4. The van der Waals surface area contributed by atoms with Crippen molar-refractivity contribution in [2.24, 2.45) is 0 Å². The number of nitrogens with two attached hydrogens (primary N) is 1. The minimum absolute atomic E-state index is 0.0624. The first-order valence-corrected chi connectivity index (χ1v) is 3.71. The van der Waals surface area contributed by atoms with Gasteiger partial charge >= 0.3 is 5.97 Å². The van der Waals surface area contributed by atoms with Crippen LogP contribution in [-0.4, -0.2) is 16.1 Å². The molecule has 0 aliphatic rings. The van der Waals surface area contributed by atoms with Gasteiger partial charge in [0.25, 0.3) is 6.43 Å². The number of alkyl halides is 2. The Balaban J connectivity index is 3.33. The lowest BCUT2D eigenvalue weighted by molar-refractivity contribution is 0.0691. The van der Waals surface area contributed by atoms with Crippen molar-refractivity contribution in [1.29, 1.82) is 0 Å². The van der Waals surface area contributed by atoms with Crippen molar-refractivity contribution in [1.82, 2.24) is 4.98 Å². The van der Waals surface area contributed by atoms with Crippen LogP contribution in [0.3, 0.4) is 0 Å². The molecule has 0 atom stereocenters. The van der Waals surface area contributed by atoms with E-state index in [0.29, 0.717) is 0 Å². The quantitative estimate of drug-likeness (QED) is 0.763. The van der Waals surface area contributed by atoms with Crippen LogP contribution < -0.4 is 5.73 Å². The van der Waals surface area contributed by atoms with E-state index in [2.05, 4.69) is 4.98 Å². The molecule has 0 aromatic carbocycles. The highest BCUT2D eigenvalue weighted by Crippen LogP contribution is 2.26. The summed E-state index contributed by atoms with van der Waals surface area (Å²) >= 11 is 0. The van der Waals surface area contributed by atoms with Crippen molar-refractivity contribution in [2.45, 2.75) is 13.3 Å². The van der Waals surface area contributed by atoms with E-state index in [1.807, 2.05) is 0 Å². The van der Waals surface area contributed by atoms with Crippen LogP contribution >= 0.6 is 0 Å². The molecular weight excluding hydrogens is 194 g/mol. The molecule has 0 fully saturated rings. The number of nitrogen functional groups attached to an aromatic ring is 1. The molecule has 0 aliphatic carbocycles. The van der Waals surface area contributed by atoms with Gasteiger partial charge in [0.05, 0.1) is 5.69 Å². The maximum Gasteiger partial charge on any atom is 0.356 e. The summed E-state index contributed by atoms with van der Waals surface area (Å²) in [5, 5.41) is 8.59. The lowest BCUT2D eigenvalue weighted by Crippen LogP contribution is -2.09. The number of pyridine rings is 1. The van der Waals surface area contributed by atoms with Crippen LogP contribution in [-0.2, 0) is 0 Å². The topological polar surface area (TPSA) is 76.2 Å². The summed E-state index contributed by atoms with van der Waals surface area (Å²) in [4.78, 5) is 13.9. The average Bonchev–Trinajstić information content (AvgIpc) is 2.08. The number of hydrogen-bond acceptors (Lipinski definition) is 3. The lowest BCUT2D eigenvalue weighted by Gasteiger charge is -2.08. The first-order chi connectivity index (χ1) is 6.45. The van der Waals surface area contributed by atoms with Gasteiger partial charge in [-0.1, -0.05) is 0 Å². The van der Waals surface area contributed by atoms with E-state index in [9.17, 15) is 13.6 Å². The second-order valence-electron chi connectivity index (χ2n) is 2.71. The van der Waals surface area contributed by atoms with Crippen molar-refractivity contribution < 1.29 is 18.7 Å². The first-order valence-electron chi connectivity index (χ1n) is 3.71. The van der Waals surface area contributed by atoms with Gasteiger partial charge in [0, 0.05) is 11.8 Å². The average molecular weight is 202 g/mol. The Hall–Kier alpha value is -1.72. The Morgan fingerprint density at radius 1 is 1.64 bits per heavy atom. The van der Waals surface area contributed by atoms with Crippen LogP contribution in [0.2, 0.25) is 0 Å². The van der Waals surface area contributed by atoms with E-state index in [1.165, 1.54) is 6.92 Å². The molecule has 3 N–H and O–H groups in total. The van der Waals surface area contributed by atoms with Gasteiger partial charge in [-0.15, -0.1) is 0 Å². The summed E-state index contributed by atoms with van der Waals surface area (Å²) in [6, 6.07) is 0. The van der Waals surface area contributed by atoms with E-state index in [4.69, 9.17) is 10.8 Å². The monoisotopic (exact) mass is 202 g/mol. The normalized spacial score (nSPS) is 10.6. The molecule has 0 unspecified atom stereocenters. The number of carbonyl (C=O) groups is 1. The number of hydrogen-bond donors (Lipinski definition) is 2. The second kappa shape index (κ2) is 3.57. The lowest BCUT2D eigenvalue weighted by atomic mass is 10.1. The highest BCUT2D eigenvalue weighted by molar-refractivity contribution is 5.92. The number of rotatable bonds is 2. The molecule has 1 heterocycles. The Kier molecular flexibility index (Phi) is 2.64. The fourth-order valence-corrected chi connectivity index (χ4v) is 1.02. The molecular formula is C8H8F2N2O2. The molecule has 1 aromatic heterocycles. The van der Waals surface area contributed by atoms with Gasteiger partial charge in [-0.2, -0.15) is 0 Å². The van der Waals surface area contributed by atoms with Crippen LogP contribution in [0.5, 0.6) is 0 Å². The van der Waals surface area contributed by atoms with Crippen molar-refractivity contribution in [3.8, 4) is 0 Å². The molecule has 0 aliphatic heterocycles. The largest absolute Gasteiger partial charge is 0.476 e. The van der Waals surface area contributed by atoms with Gasteiger partial charge < -0.3 is 10.8 Å². The van der Waals surface area contributed by atoms with Gasteiger partial charge in [0.1, 0.15) is 0 Å². The highest BCUT2D eigenvalue weighted by Gasteiger charge is 2.18. The van der Waals surface area contributed by atoms with E-state index >= 15 is 0 Å². The third kappa shape index (κ3) is 1.63. The van der Waals surface area contributed by atoms with Crippen LogP contribution in [0.1, 0.15) is 28.0 Å². The summed E-state index contributed by atoms with van der Waals surface area (Å²) in [7, 11) is 0. The van der Waals surface area contributed by atoms with E-state index < -0.39 is 18.1 Å². The van der Waals surface area contributed by atoms with Crippen LogP contribution in [0.15, 0.2) is 6.20 Å². The van der Waals surface area contributed by atoms with E-state index in [0.717, 1.165) is 6.20 Å². The molecule has 0 radical (unpaired) electrons. The van der Waals surface area contributed by atoms with Gasteiger partial charge in [-0.05, 0) is 12.5 Å². The number of aromatic carboxylic acids is 1. The third-order valence-electron chi connectivity index (χ3n) is 1.86. The number of nitrogens with zero attached hydrogens (tertiary/aromatic N) is 1. The standard InChI is InChI=1S/C8H8F2N2O2/c1-3-4(7(9)10)2-12-6(5(3)11)8(13)14/h2,7H,11H2,1H3,(H,13,14). The summed E-state index contributed by atoms with van der Waals surface area (Å²) in [6.45, 7) is 1.34. The fraction of sp³-hybridized carbons (Fsp3) is 0.250. The van der Waals surface area contributed by atoms with Gasteiger partial charge in [0.2, 0.25) is 0 Å². The van der Waals surface area contributed by atoms with Gasteiger partial charge in [-0.3, -0.25) is 0 Å². The molecule has 1 aromatic rings. The number of aromatic nitrogens is 1. The van der Waals surface area contributed by atoms with Crippen molar-refractivity contribution in [3.63, 3.8) is 0 Å². The smallest absolute Gasteiger partial charge is 0.356 e. The maximum atomic E-state index is 12.3. The van der Waals surface area contributed by atoms with Crippen LogP contribution in [0.4, 0.5) is 14.5 Å². The fourth-order valence-electron chi connectivity index (χ4n) is 1.02. The SMILES string of the molecule is Cc1c(C(F)F)cnc(C(=O)O)c1N. The summed E-state index contributed by atoms with van der Waals surface area (Å²) < 4.78 is 24.6.